The van der Waals surface area contributed by atoms with Crippen molar-refractivity contribution in [1.82, 2.24) is 9.88 Å². The number of amides is 1. The Morgan fingerprint density at radius 1 is 1.68 bits per heavy atom. The first kappa shape index (κ1) is 13.8. The third kappa shape index (κ3) is 2.85. The maximum Gasteiger partial charge on any atom is 0.258 e. The maximum absolute atomic E-state index is 12.5. The highest BCUT2D eigenvalue weighted by Gasteiger charge is 2.31. The standard InChI is InChI=1S/C13H18N2O4/c1-9-8-19-10(7-16)6-15(9)13(17)11-3-4-14-5-12(11)18-2/h3-5,9-10,16H,6-8H2,1-2H3. The minimum Gasteiger partial charge on any atom is -0.494 e. The molecule has 1 aliphatic heterocycles. The van der Waals surface area contributed by atoms with Crippen LogP contribution in [0.25, 0.3) is 0 Å². The third-order valence-corrected chi connectivity index (χ3v) is 3.20. The number of hydrogen-bond donors (Lipinski definition) is 1. The lowest BCUT2D eigenvalue weighted by atomic mass is 10.1. The van der Waals surface area contributed by atoms with Crippen LogP contribution in [0.2, 0.25) is 0 Å². The SMILES string of the molecule is COc1cnccc1C(=O)N1CC(CO)OCC1C. The number of rotatable bonds is 3. The van der Waals surface area contributed by atoms with E-state index in [-0.39, 0.29) is 24.7 Å². The van der Waals surface area contributed by atoms with Gasteiger partial charge in [0.25, 0.3) is 5.91 Å². The van der Waals surface area contributed by atoms with Gasteiger partial charge < -0.3 is 19.5 Å². The van der Waals surface area contributed by atoms with Crippen molar-refractivity contribution < 1.29 is 19.4 Å². The molecular weight excluding hydrogens is 248 g/mol. The van der Waals surface area contributed by atoms with E-state index in [1.165, 1.54) is 13.3 Å². The quantitative estimate of drug-likeness (QED) is 0.852. The fourth-order valence-electron chi connectivity index (χ4n) is 2.08. The van der Waals surface area contributed by atoms with Gasteiger partial charge in [-0.25, -0.2) is 0 Å². The van der Waals surface area contributed by atoms with E-state index in [1.54, 1.807) is 17.2 Å². The van der Waals surface area contributed by atoms with E-state index >= 15 is 0 Å². The lowest BCUT2D eigenvalue weighted by Gasteiger charge is -2.37. The summed E-state index contributed by atoms with van der Waals surface area (Å²) in [5.41, 5.74) is 0.475. The van der Waals surface area contributed by atoms with Crippen LogP contribution in [0.3, 0.4) is 0 Å². The molecule has 1 saturated heterocycles. The Kier molecular flexibility index (Phi) is 4.34. The van der Waals surface area contributed by atoms with Crippen LogP contribution in [0.5, 0.6) is 5.75 Å². The molecule has 19 heavy (non-hydrogen) atoms. The molecule has 1 N–H and O–H groups in total. The summed E-state index contributed by atoms with van der Waals surface area (Å²) < 4.78 is 10.6. The molecule has 0 aliphatic carbocycles. The van der Waals surface area contributed by atoms with Gasteiger partial charge in [0.2, 0.25) is 0 Å². The molecule has 2 rings (SSSR count). The smallest absolute Gasteiger partial charge is 0.258 e. The Morgan fingerprint density at radius 3 is 3.16 bits per heavy atom. The zero-order valence-corrected chi connectivity index (χ0v) is 11.1. The van der Waals surface area contributed by atoms with E-state index in [4.69, 9.17) is 14.6 Å². The van der Waals surface area contributed by atoms with Gasteiger partial charge in [-0.15, -0.1) is 0 Å². The predicted molar refractivity (Wildman–Crippen MR) is 68.1 cm³/mol. The number of methoxy groups -OCH3 is 1. The summed E-state index contributed by atoms with van der Waals surface area (Å²) in [5, 5.41) is 9.15. The Labute approximate surface area is 112 Å². The molecule has 104 valence electrons. The fourth-order valence-corrected chi connectivity index (χ4v) is 2.08. The van der Waals surface area contributed by atoms with Crippen molar-refractivity contribution in [2.24, 2.45) is 0 Å². The first-order valence-corrected chi connectivity index (χ1v) is 6.18. The Hall–Kier alpha value is -1.66. The molecule has 2 unspecified atom stereocenters. The van der Waals surface area contributed by atoms with Crippen molar-refractivity contribution in [2.75, 3.05) is 26.9 Å². The van der Waals surface area contributed by atoms with Crippen LogP contribution < -0.4 is 4.74 Å². The van der Waals surface area contributed by atoms with Gasteiger partial charge in [0.15, 0.2) is 0 Å². The number of hydrogen-bond acceptors (Lipinski definition) is 5. The average Bonchev–Trinajstić information content (AvgIpc) is 2.47. The highest BCUT2D eigenvalue weighted by molar-refractivity contribution is 5.97. The summed E-state index contributed by atoms with van der Waals surface area (Å²) in [6.07, 6.45) is 2.75. The average molecular weight is 266 g/mol. The molecule has 0 radical (unpaired) electrons. The molecule has 0 spiro atoms. The summed E-state index contributed by atoms with van der Waals surface area (Å²) >= 11 is 0. The van der Waals surface area contributed by atoms with Crippen LogP contribution in [-0.4, -0.2) is 59.9 Å². The van der Waals surface area contributed by atoms with Gasteiger partial charge in [0.1, 0.15) is 5.75 Å². The van der Waals surface area contributed by atoms with Gasteiger partial charge in [-0.2, -0.15) is 0 Å². The van der Waals surface area contributed by atoms with E-state index in [1.807, 2.05) is 6.92 Å². The van der Waals surface area contributed by atoms with Crippen LogP contribution >= 0.6 is 0 Å². The number of aliphatic hydroxyl groups is 1. The minimum atomic E-state index is -0.326. The lowest BCUT2D eigenvalue weighted by Crippen LogP contribution is -2.52. The molecule has 6 nitrogen and oxygen atoms in total. The van der Waals surface area contributed by atoms with E-state index in [0.29, 0.717) is 24.5 Å². The van der Waals surface area contributed by atoms with Gasteiger partial charge in [-0.3, -0.25) is 9.78 Å². The molecule has 0 aromatic carbocycles. The molecule has 2 heterocycles. The molecule has 1 aromatic heterocycles. The second-order valence-corrected chi connectivity index (χ2v) is 4.52. The van der Waals surface area contributed by atoms with Gasteiger partial charge >= 0.3 is 0 Å². The molecule has 0 bridgehead atoms. The third-order valence-electron chi connectivity index (χ3n) is 3.20. The summed E-state index contributed by atoms with van der Waals surface area (Å²) in [6.45, 7) is 2.62. The number of carbonyl (C=O) groups is 1. The van der Waals surface area contributed by atoms with Crippen molar-refractivity contribution in [3.63, 3.8) is 0 Å². The zero-order valence-electron chi connectivity index (χ0n) is 11.1. The Bertz CT molecular complexity index is 452. The number of pyridine rings is 1. The summed E-state index contributed by atoms with van der Waals surface area (Å²) in [4.78, 5) is 18.2. The number of aliphatic hydroxyl groups excluding tert-OH is 1. The highest BCUT2D eigenvalue weighted by Crippen LogP contribution is 2.21. The van der Waals surface area contributed by atoms with Crippen molar-refractivity contribution in [3.8, 4) is 5.75 Å². The topological polar surface area (TPSA) is 71.9 Å². The summed E-state index contributed by atoms with van der Waals surface area (Å²) in [7, 11) is 1.51. The van der Waals surface area contributed by atoms with Crippen molar-refractivity contribution in [2.45, 2.75) is 19.1 Å². The Balaban J connectivity index is 2.22. The molecule has 2 atom stereocenters. The first-order valence-electron chi connectivity index (χ1n) is 6.18. The fraction of sp³-hybridized carbons (Fsp3) is 0.538. The number of morpholine rings is 1. The van der Waals surface area contributed by atoms with Gasteiger partial charge in [0, 0.05) is 12.7 Å². The largest absolute Gasteiger partial charge is 0.494 e. The number of nitrogens with zero attached hydrogens (tertiary/aromatic N) is 2. The number of ether oxygens (including phenoxy) is 2. The van der Waals surface area contributed by atoms with Crippen LogP contribution in [0.1, 0.15) is 17.3 Å². The molecule has 0 saturated carbocycles. The minimum absolute atomic E-state index is 0.0341. The first-order chi connectivity index (χ1) is 9.17. The van der Waals surface area contributed by atoms with Crippen molar-refractivity contribution in [3.05, 3.63) is 24.0 Å². The molecule has 6 heteroatoms. The van der Waals surface area contributed by atoms with E-state index < -0.39 is 0 Å². The maximum atomic E-state index is 12.5. The molecular formula is C13H18N2O4. The van der Waals surface area contributed by atoms with Gasteiger partial charge in [-0.05, 0) is 13.0 Å². The summed E-state index contributed by atoms with van der Waals surface area (Å²) in [5.74, 6) is 0.320. The molecule has 1 amide bonds. The van der Waals surface area contributed by atoms with Crippen molar-refractivity contribution in [1.29, 1.82) is 0 Å². The van der Waals surface area contributed by atoms with Crippen LogP contribution in [0.15, 0.2) is 18.5 Å². The normalized spacial score (nSPS) is 23.2. The summed E-state index contributed by atoms with van der Waals surface area (Å²) in [6, 6.07) is 1.60. The number of carbonyl (C=O) groups excluding carboxylic acids is 1. The Morgan fingerprint density at radius 2 is 2.47 bits per heavy atom. The molecule has 1 fully saturated rings. The van der Waals surface area contributed by atoms with E-state index in [0.717, 1.165) is 0 Å². The van der Waals surface area contributed by atoms with Crippen LogP contribution in [-0.2, 0) is 4.74 Å². The van der Waals surface area contributed by atoms with Crippen LogP contribution in [0, 0.1) is 0 Å². The second-order valence-electron chi connectivity index (χ2n) is 4.52. The van der Waals surface area contributed by atoms with Crippen molar-refractivity contribution >= 4 is 5.91 Å². The van der Waals surface area contributed by atoms with E-state index in [2.05, 4.69) is 4.98 Å². The zero-order chi connectivity index (χ0) is 13.8. The van der Waals surface area contributed by atoms with E-state index in [9.17, 15) is 4.79 Å². The predicted octanol–water partition coefficient (Wildman–Crippen LogP) is 0.312. The lowest BCUT2D eigenvalue weighted by molar-refractivity contribution is -0.0668. The van der Waals surface area contributed by atoms with Gasteiger partial charge in [-0.1, -0.05) is 0 Å². The monoisotopic (exact) mass is 266 g/mol. The number of aromatic nitrogens is 1. The molecule has 1 aliphatic rings. The van der Waals surface area contributed by atoms with Gasteiger partial charge in [0.05, 0.1) is 44.2 Å². The second kappa shape index (κ2) is 5.99. The highest BCUT2D eigenvalue weighted by atomic mass is 16.5. The van der Waals surface area contributed by atoms with Crippen LogP contribution in [0.4, 0.5) is 0 Å². The molecule has 1 aromatic rings.